The first-order valence-corrected chi connectivity index (χ1v) is 7.72. The summed E-state index contributed by atoms with van der Waals surface area (Å²) in [5.74, 6) is -2.47. The fraction of sp³-hybridized carbons (Fsp3) is 0.500. The first-order valence-electron chi connectivity index (χ1n) is 7.72. The summed E-state index contributed by atoms with van der Waals surface area (Å²) in [5.41, 5.74) is -1.67. The van der Waals surface area contributed by atoms with Crippen LogP contribution in [0.2, 0.25) is 0 Å². The number of nitrogens with one attached hydrogen (secondary N) is 1. The minimum Gasteiger partial charge on any atom is -0.345 e. The van der Waals surface area contributed by atoms with Crippen LogP contribution in [0.5, 0.6) is 0 Å². The summed E-state index contributed by atoms with van der Waals surface area (Å²) in [6.07, 6.45) is -7.90. The molecule has 26 heavy (non-hydrogen) atoms. The molecule has 0 radical (unpaired) electrons. The minimum absolute atomic E-state index is 0.0327. The zero-order valence-electron chi connectivity index (χ0n) is 13.6. The molecule has 10 heteroatoms. The highest BCUT2D eigenvalue weighted by Crippen LogP contribution is 2.32. The number of piperidine rings is 1. The first-order chi connectivity index (χ1) is 12.0. The number of carbonyl (C=O) groups is 2. The highest BCUT2D eigenvalue weighted by Gasteiger charge is 2.40. The summed E-state index contributed by atoms with van der Waals surface area (Å²) < 4.78 is 78.8. The van der Waals surface area contributed by atoms with Gasteiger partial charge in [-0.25, -0.2) is 13.2 Å². The van der Waals surface area contributed by atoms with E-state index < -0.39 is 60.0 Å². The summed E-state index contributed by atoms with van der Waals surface area (Å²) in [4.78, 5) is 24.2. The number of alkyl halides is 5. The van der Waals surface area contributed by atoms with Gasteiger partial charge in [0.2, 0.25) is 11.8 Å². The smallest absolute Gasteiger partial charge is 0.345 e. The lowest BCUT2D eigenvalue weighted by molar-refractivity contribution is -0.147. The summed E-state index contributed by atoms with van der Waals surface area (Å²) in [6.45, 7) is 0.392. The fourth-order valence-electron chi connectivity index (χ4n) is 2.87. The number of hydrogen-bond donors (Lipinski definition) is 1. The van der Waals surface area contributed by atoms with E-state index in [1.54, 1.807) is 0 Å². The van der Waals surface area contributed by atoms with Crippen LogP contribution in [0.3, 0.4) is 0 Å². The highest BCUT2D eigenvalue weighted by molar-refractivity contribution is 5.87. The van der Waals surface area contributed by atoms with E-state index in [1.165, 1.54) is 0 Å². The van der Waals surface area contributed by atoms with Crippen LogP contribution in [0.4, 0.5) is 26.3 Å². The van der Waals surface area contributed by atoms with Gasteiger partial charge in [-0.3, -0.25) is 9.59 Å². The predicted octanol–water partition coefficient (Wildman–Crippen LogP) is 3.11. The third kappa shape index (κ3) is 4.47. The molecular weight excluding hydrogens is 366 g/mol. The molecule has 1 aliphatic heterocycles. The number of nitrogens with zero attached hydrogens (tertiary/aromatic N) is 1. The predicted molar refractivity (Wildman–Crippen MR) is 78.6 cm³/mol. The van der Waals surface area contributed by atoms with Crippen LogP contribution >= 0.6 is 0 Å². The Morgan fingerprint density at radius 3 is 2.50 bits per heavy atom. The first kappa shape index (κ1) is 20.1. The molecule has 2 amide bonds. The van der Waals surface area contributed by atoms with Crippen molar-refractivity contribution in [2.75, 3.05) is 0 Å². The number of rotatable bonds is 4. The molecule has 1 fully saturated rings. The van der Waals surface area contributed by atoms with Crippen molar-refractivity contribution in [1.29, 1.82) is 0 Å². The van der Waals surface area contributed by atoms with Gasteiger partial charge in [0.25, 0.3) is 6.43 Å². The maximum atomic E-state index is 13.9. The molecule has 0 spiro atoms. The molecule has 144 valence electrons. The molecule has 2 atom stereocenters. The maximum absolute atomic E-state index is 13.9. The number of likely N-dealkylation sites (tertiary alicyclic amines) is 1. The number of halogens is 6. The second-order valence-electron chi connectivity index (χ2n) is 6.00. The van der Waals surface area contributed by atoms with E-state index in [-0.39, 0.29) is 12.8 Å². The number of carbonyl (C=O) groups excluding carboxylic acids is 2. The van der Waals surface area contributed by atoms with E-state index in [0.29, 0.717) is 23.1 Å². The summed E-state index contributed by atoms with van der Waals surface area (Å²) in [7, 11) is 0. The van der Waals surface area contributed by atoms with Crippen molar-refractivity contribution >= 4 is 11.8 Å². The van der Waals surface area contributed by atoms with Gasteiger partial charge in [-0.2, -0.15) is 13.2 Å². The molecule has 0 unspecified atom stereocenters. The van der Waals surface area contributed by atoms with Crippen molar-refractivity contribution in [2.45, 2.75) is 51.0 Å². The summed E-state index contributed by atoms with van der Waals surface area (Å²) >= 11 is 0. The van der Waals surface area contributed by atoms with Gasteiger partial charge in [0.1, 0.15) is 11.9 Å². The zero-order chi connectivity index (χ0) is 19.6. The molecule has 1 aromatic rings. The van der Waals surface area contributed by atoms with Crippen molar-refractivity contribution in [3.05, 3.63) is 35.1 Å². The van der Waals surface area contributed by atoms with E-state index >= 15 is 0 Å². The molecule has 2 rings (SSSR count). The van der Waals surface area contributed by atoms with E-state index in [0.717, 1.165) is 6.92 Å². The minimum atomic E-state index is -4.74. The van der Waals surface area contributed by atoms with Crippen LogP contribution < -0.4 is 5.32 Å². The lowest BCUT2D eigenvalue weighted by Crippen LogP contribution is -2.57. The van der Waals surface area contributed by atoms with E-state index in [2.05, 4.69) is 5.32 Å². The Bertz CT molecular complexity index is 692. The Kier molecular flexibility index (Phi) is 5.82. The van der Waals surface area contributed by atoms with Crippen LogP contribution in [-0.2, 0) is 22.3 Å². The van der Waals surface area contributed by atoms with Crippen molar-refractivity contribution in [2.24, 2.45) is 0 Å². The summed E-state index contributed by atoms with van der Waals surface area (Å²) in [5, 5.41) is 2.31. The molecule has 0 aliphatic carbocycles. The van der Waals surface area contributed by atoms with E-state index in [9.17, 15) is 35.9 Å². The molecule has 1 heterocycles. The Labute approximate surface area is 145 Å². The Morgan fingerprint density at radius 1 is 1.31 bits per heavy atom. The van der Waals surface area contributed by atoms with Crippen LogP contribution in [0.15, 0.2) is 18.2 Å². The third-order valence-corrected chi connectivity index (χ3v) is 4.11. The van der Waals surface area contributed by atoms with Crippen LogP contribution in [0.1, 0.15) is 30.9 Å². The molecule has 1 N–H and O–H groups in total. The summed E-state index contributed by atoms with van der Waals surface area (Å²) in [6, 6.07) is -1.04. The largest absolute Gasteiger partial charge is 0.416 e. The normalized spacial score (nSPS) is 21.2. The van der Waals surface area contributed by atoms with E-state index in [1.807, 2.05) is 0 Å². The van der Waals surface area contributed by atoms with Gasteiger partial charge < -0.3 is 10.2 Å². The molecule has 1 aliphatic rings. The van der Waals surface area contributed by atoms with Gasteiger partial charge in [0, 0.05) is 19.0 Å². The van der Waals surface area contributed by atoms with Crippen molar-refractivity contribution in [3.63, 3.8) is 0 Å². The molecular formula is C16H16F6N2O2. The van der Waals surface area contributed by atoms with Crippen molar-refractivity contribution < 1.29 is 35.9 Å². The molecule has 0 saturated carbocycles. The van der Waals surface area contributed by atoms with Crippen molar-refractivity contribution in [1.82, 2.24) is 10.2 Å². The molecule has 1 saturated heterocycles. The SMILES string of the molecule is CC(=O)N[C@@H]1CC[C@@H](C(F)F)N(Cc2cc(C(F)(F)F)ccc2F)C1=O. The average molecular weight is 382 g/mol. The Hall–Kier alpha value is -2.26. The highest BCUT2D eigenvalue weighted by atomic mass is 19.4. The Balaban J connectivity index is 2.33. The van der Waals surface area contributed by atoms with Gasteiger partial charge in [0.15, 0.2) is 0 Å². The molecule has 0 bridgehead atoms. The number of benzene rings is 1. The molecule has 1 aromatic carbocycles. The second-order valence-corrected chi connectivity index (χ2v) is 6.00. The van der Waals surface area contributed by atoms with Crippen molar-refractivity contribution in [3.8, 4) is 0 Å². The quantitative estimate of drug-likeness (QED) is 0.814. The topological polar surface area (TPSA) is 49.4 Å². The van der Waals surface area contributed by atoms with Gasteiger partial charge >= 0.3 is 6.18 Å². The van der Waals surface area contributed by atoms with Crippen LogP contribution in [-0.4, -0.2) is 35.2 Å². The van der Waals surface area contributed by atoms with Crippen LogP contribution in [0.25, 0.3) is 0 Å². The van der Waals surface area contributed by atoms with E-state index in [4.69, 9.17) is 0 Å². The third-order valence-electron chi connectivity index (χ3n) is 4.11. The van der Waals surface area contributed by atoms with Gasteiger partial charge in [-0.15, -0.1) is 0 Å². The number of hydrogen-bond acceptors (Lipinski definition) is 2. The maximum Gasteiger partial charge on any atom is 0.416 e. The molecule has 4 nitrogen and oxygen atoms in total. The fourth-order valence-corrected chi connectivity index (χ4v) is 2.87. The monoisotopic (exact) mass is 382 g/mol. The molecule has 0 aromatic heterocycles. The van der Waals surface area contributed by atoms with Crippen LogP contribution in [0, 0.1) is 5.82 Å². The second kappa shape index (κ2) is 7.55. The number of amides is 2. The van der Waals surface area contributed by atoms with Gasteiger partial charge in [0.05, 0.1) is 11.6 Å². The zero-order valence-corrected chi connectivity index (χ0v) is 13.6. The Morgan fingerprint density at radius 2 is 1.96 bits per heavy atom. The lowest BCUT2D eigenvalue weighted by atomic mass is 9.96. The van der Waals surface area contributed by atoms with Gasteiger partial charge in [-0.1, -0.05) is 0 Å². The van der Waals surface area contributed by atoms with Gasteiger partial charge in [-0.05, 0) is 31.0 Å². The lowest BCUT2D eigenvalue weighted by Gasteiger charge is -2.39. The average Bonchev–Trinajstić information content (AvgIpc) is 2.51. The standard InChI is InChI=1S/C16H16F6N2O2/c1-8(25)23-12-4-5-13(14(18)19)24(15(12)26)7-9-6-10(16(20,21)22)2-3-11(9)17/h2-3,6,12-14H,4-5,7H2,1H3,(H,23,25)/t12-,13+/m1/s1.